The van der Waals surface area contributed by atoms with Crippen LogP contribution in [0.15, 0.2) is 18.3 Å². The molecule has 4 heteroatoms. The van der Waals surface area contributed by atoms with Gasteiger partial charge >= 0.3 is 0 Å². The Kier molecular flexibility index (Phi) is 2.92. The smallest absolute Gasteiger partial charge is 0.173 e. The summed E-state index contributed by atoms with van der Waals surface area (Å²) in [5, 5.41) is 0. The topological polar surface area (TPSA) is 43.3 Å². The van der Waals surface area contributed by atoms with Gasteiger partial charge < -0.3 is 10.1 Å². The summed E-state index contributed by atoms with van der Waals surface area (Å²) in [6, 6.07) is 3.12. The van der Waals surface area contributed by atoms with Crippen molar-refractivity contribution >= 4 is 5.65 Å². The van der Waals surface area contributed by atoms with E-state index in [1.165, 1.54) is 6.07 Å². The number of halogens is 1. The first-order valence-corrected chi connectivity index (χ1v) is 5.45. The van der Waals surface area contributed by atoms with Gasteiger partial charge in [-0.1, -0.05) is 6.92 Å². The molecule has 2 aromatic heterocycles. The minimum Gasteiger partial charge on any atom is -0.330 e. The number of hydrogen-bond acceptors (Lipinski definition) is 2. The van der Waals surface area contributed by atoms with Crippen LogP contribution in [0.1, 0.15) is 18.3 Å². The normalized spacial score (nSPS) is 13.2. The number of aromatic nitrogens is 2. The Hall–Kier alpha value is -1.42. The zero-order chi connectivity index (χ0) is 11.7. The Balaban J connectivity index is 2.52. The van der Waals surface area contributed by atoms with Crippen molar-refractivity contribution < 1.29 is 4.39 Å². The third-order valence-electron chi connectivity index (χ3n) is 2.85. The highest BCUT2D eigenvalue weighted by molar-refractivity contribution is 5.44. The van der Waals surface area contributed by atoms with Gasteiger partial charge in [0.25, 0.3) is 0 Å². The molecule has 2 rings (SSSR count). The molecule has 0 radical (unpaired) electrons. The van der Waals surface area contributed by atoms with E-state index in [2.05, 4.69) is 11.9 Å². The highest BCUT2D eigenvalue weighted by Crippen LogP contribution is 2.17. The van der Waals surface area contributed by atoms with E-state index in [-0.39, 0.29) is 5.82 Å². The standard InChI is InChI=1S/C12H16FN3/c1-8(7-14)6-11-9(2)15-12-10(13)4-3-5-16(11)12/h3-5,8H,6-7,14H2,1-2H3. The van der Waals surface area contributed by atoms with Crippen LogP contribution in [-0.4, -0.2) is 15.9 Å². The van der Waals surface area contributed by atoms with E-state index in [1.807, 2.05) is 17.5 Å². The third kappa shape index (κ3) is 1.80. The van der Waals surface area contributed by atoms with E-state index in [0.29, 0.717) is 18.1 Å². The van der Waals surface area contributed by atoms with Crippen LogP contribution in [0.25, 0.3) is 5.65 Å². The van der Waals surface area contributed by atoms with E-state index in [0.717, 1.165) is 17.8 Å². The van der Waals surface area contributed by atoms with Gasteiger partial charge in [0.2, 0.25) is 0 Å². The van der Waals surface area contributed by atoms with Gasteiger partial charge in [0.15, 0.2) is 11.5 Å². The van der Waals surface area contributed by atoms with Gasteiger partial charge in [-0.2, -0.15) is 0 Å². The average molecular weight is 221 g/mol. The van der Waals surface area contributed by atoms with Gasteiger partial charge in [0.05, 0.1) is 5.69 Å². The molecule has 2 N–H and O–H groups in total. The summed E-state index contributed by atoms with van der Waals surface area (Å²) in [5.41, 5.74) is 7.94. The number of hydrogen-bond donors (Lipinski definition) is 1. The third-order valence-corrected chi connectivity index (χ3v) is 2.85. The van der Waals surface area contributed by atoms with Crippen molar-refractivity contribution in [1.82, 2.24) is 9.38 Å². The Bertz CT molecular complexity index is 504. The monoisotopic (exact) mass is 221 g/mol. The second kappa shape index (κ2) is 4.22. The lowest BCUT2D eigenvalue weighted by Gasteiger charge is -2.08. The number of imidazole rings is 1. The fourth-order valence-corrected chi connectivity index (χ4v) is 1.86. The summed E-state index contributed by atoms with van der Waals surface area (Å²) in [4.78, 5) is 4.25. The van der Waals surface area contributed by atoms with Crippen LogP contribution in [0.2, 0.25) is 0 Å². The Morgan fingerprint density at radius 1 is 1.56 bits per heavy atom. The first-order chi connectivity index (χ1) is 7.63. The molecule has 2 heterocycles. The maximum atomic E-state index is 13.5. The van der Waals surface area contributed by atoms with Crippen molar-refractivity contribution in [3.63, 3.8) is 0 Å². The summed E-state index contributed by atoms with van der Waals surface area (Å²) in [7, 11) is 0. The van der Waals surface area contributed by atoms with E-state index in [9.17, 15) is 4.39 Å². The summed E-state index contributed by atoms with van der Waals surface area (Å²) in [5.74, 6) is 0.0964. The summed E-state index contributed by atoms with van der Waals surface area (Å²) in [6.45, 7) is 4.62. The molecule has 0 aliphatic rings. The molecule has 0 saturated carbocycles. The van der Waals surface area contributed by atoms with Crippen LogP contribution in [0, 0.1) is 18.7 Å². The summed E-state index contributed by atoms with van der Waals surface area (Å²) < 4.78 is 15.3. The number of nitrogens with zero attached hydrogens (tertiary/aromatic N) is 2. The Labute approximate surface area is 94.1 Å². The van der Waals surface area contributed by atoms with Crippen molar-refractivity contribution in [2.75, 3.05) is 6.54 Å². The molecular formula is C12H16FN3. The highest BCUT2D eigenvalue weighted by atomic mass is 19.1. The fourth-order valence-electron chi connectivity index (χ4n) is 1.86. The van der Waals surface area contributed by atoms with Gasteiger partial charge in [-0.15, -0.1) is 0 Å². The van der Waals surface area contributed by atoms with Gasteiger partial charge in [-0.3, -0.25) is 0 Å². The lowest BCUT2D eigenvalue weighted by Crippen LogP contribution is -2.14. The molecule has 0 saturated heterocycles. The first-order valence-electron chi connectivity index (χ1n) is 5.45. The van der Waals surface area contributed by atoms with Crippen LogP contribution >= 0.6 is 0 Å². The van der Waals surface area contributed by atoms with Gasteiger partial charge in [-0.05, 0) is 37.9 Å². The van der Waals surface area contributed by atoms with E-state index >= 15 is 0 Å². The van der Waals surface area contributed by atoms with Crippen molar-refractivity contribution in [3.8, 4) is 0 Å². The van der Waals surface area contributed by atoms with Crippen molar-refractivity contribution in [1.29, 1.82) is 0 Å². The van der Waals surface area contributed by atoms with Crippen LogP contribution in [0.5, 0.6) is 0 Å². The SMILES string of the molecule is Cc1nc2c(F)cccn2c1CC(C)CN. The van der Waals surface area contributed by atoms with E-state index in [4.69, 9.17) is 5.73 Å². The van der Waals surface area contributed by atoms with Crippen LogP contribution in [0.4, 0.5) is 4.39 Å². The molecule has 0 aromatic carbocycles. The molecule has 1 unspecified atom stereocenters. The summed E-state index contributed by atoms with van der Waals surface area (Å²) in [6.07, 6.45) is 2.67. The Morgan fingerprint density at radius 2 is 2.31 bits per heavy atom. The van der Waals surface area contributed by atoms with Crippen LogP contribution in [0.3, 0.4) is 0 Å². The minimum atomic E-state index is -0.280. The molecule has 0 spiro atoms. The predicted molar refractivity (Wildman–Crippen MR) is 61.8 cm³/mol. The average Bonchev–Trinajstić information content (AvgIpc) is 2.58. The lowest BCUT2D eigenvalue weighted by molar-refractivity contribution is 0.578. The maximum Gasteiger partial charge on any atom is 0.173 e. The molecule has 0 bridgehead atoms. The predicted octanol–water partition coefficient (Wildman–Crippen LogP) is 1.92. The number of nitrogens with two attached hydrogens (primary N) is 1. The lowest BCUT2D eigenvalue weighted by atomic mass is 10.1. The van der Waals surface area contributed by atoms with Crippen molar-refractivity contribution in [2.45, 2.75) is 20.3 Å². The zero-order valence-corrected chi connectivity index (χ0v) is 9.57. The molecule has 0 amide bonds. The molecule has 16 heavy (non-hydrogen) atoms. The molecule has 0 aliphatic carbocycles. The second-order valence-electron chi connectivity index (χ2n) is 4.24. The molecule has 86 valence electrons. The second-order valence-corrected chi connectivity index (χ2v) is 4.24. The van der Waals surface area contributed by atoms with Crippen LogP contribution < -0.4 is 5.73 Å². The quantitative estimate of drug-likeness (QED) is 0.860. The number of pyridine rings is 1. The summed E-state index contributed by atoms with van der Waals surface area (Å²) >= 11 is 0. The van der Waals surface area contributed by atoms with Gasteiger partial charge in [0.1, 0.15) is 0 Å². The van der Waals surface area contributed by atoms with E-state index < -0.39 is 0 Å². The molecule has 3 nitrogen and oxygen atoms in total. The molecule has 0 fully saturated rings. The first kappa shape index (κ1) is 11.1. The molecule has 2 aromatic rings. The fraction of sp³-hybridized carbons (Fsp3) is 0.417. The Morgan fingerprint density at radius 3 is 3.00 bits per heavy atom. The van der Waals surface area contributed by atoms with Crippen molar-refractivity contribution in [2.24, 2.45) is 11.7 Å². The molecule has 1 atom stereocenters. The molecular weight excluding hydrogens is 205 g/mol. The zero-order valence-electron chi connectivity index (χ0n) is 9.57. The number of aryl methyl sites for hydroxylation is 1. The van der Waals surface area contributed by atoms with Crippen LogP contribution in [-0.2, 0) is 6.42 Å². The maximum absolute atomic E-state index is 13.5. The largest absolute Gasteiger partial charge is 0.330 e. The molecule has 0 aliphatic heterocycles. The van der Waals surface area contributed by atoms with E-state index in [1.54, 1.807) is 6.07 Å². The van der Waals surface area contributed by atoms with Gasteiger partial charge in [-0.25, -0.2) is 9.37 Å². The number of rotatable bonds is 3. The minimum absolute atomic E-state index is 0.280. The van der Waals surface area contributed by atoms with Crippen molar-refractivity contribution in [3.05, 3.63) is 35.5 Å². The number of fused-ring (bicyclic) bond motifs is 1. The highest BCUT2D eigenvalue weighted by Gasteiger charge is 2.13. The van der Waals surface area contributed by atoms with Gasteiger partial charge in [0, 0.05) is 11.9 Å².